The minimum Gasteiger partial charge on any atom is -0.480 e. The predicted molar refractivity (Wildman–Crippen MR) is 74.1 cm³/mol. The van der Waals surface area contributed by atoms with Crippen molar-refractivity contribution in [2.24, 2.45) is 5.92 Å². The number of hydrogen-bond acceptors (Lipinski definition) is 2. The molecule has 0 saturated heterocycles. The molecule has 1 aliphatic carbocycles. The largest absolute Gasteiger partial charge is 0.480 e. The second-order valence-corrected chi connectivity index (χ2v) is 5.70. The van der Waals surface area contributed by atoms with E-state index in [0.29, 0.717) is 18.5 Å². The first-order chi connectivity index (χ1) is 8.95. The monoisotopic (exact) mass is 270 g/mol. The van der Waals surface area contributed by atoms with Gasteiger partial charge in [0.05, 0.1) is 0 Å². The topological polar surface area (TPSA) is 60.9 Å². The van der Waals surface area contributed by atoms with Crippen LogP contribution in [0.5, 0.6) is 0 Å². The summed E-state index contributed by atoms with van der Waals surface area (Å²) in [6.07, 6.45) is 3.85. The first-order valence-electron chi connectivity index (χ1n) is 7.23. The molecule has 19 heavy (non-hydrogen) atoms. The molecule has 2 amide bonds. The number of aliphatic carboxylic acids is 1. The molecular formula is C14H26N2O3. The molecule has 0 atom stereocenters. The van der Waals surface area contributed by atoms with E-state index in [2.05, 4.69) is 13.8 Å². The van der Waals surface area contributed by atoms with Crippen LogP contribution in [0.2, 0.25) is 0 Å². The molecule has 5 heteroatoms. The summed E-state index contributed by atoms with van der Waals surface area (Å²) < 4.78 is 0. The van der Waals surface area contributed by atoms with E-state index in [-0.39, 0.29) is 12.6 Å². The maximum absolute atomic E-state index is 12.5. The van der Waals surface area contributed by atoms with E-state index in [4.69, 9.17) is 5.11 Å². The van der Waals surface area contributed by atoms with E-state index >= 15 is 0 Å². The average Bonchev–Trinajstić information content (AvgIpc) is 3.12. The fourth-order valence-electron chi connectivity index (χ4n) is 2.08. The molecule has 0 aliphatic heterocycles. The van der Waals surface area contributed by atoms with Crippen LogP contribution in [-0.2, 0) is 4.79 Å². The first kappa shape index (κ1) is 15.8. The summed E-state index contributed by atoms with van der Waals surface area (Å²) in [6, 6.07) is 0.229. The van der Waals surface area contributed by atoms with Gasteiger partial charge in [0, 0.05) is 19.1 Å². The highest BCUT2D eigenvalue weighted by Crippen LogP contribution is 2.28. The molecule has 0 bridgehead atoms. The summed E-state index contributed by atoms with van der Waals surface area (Å²) >= 11 is 0. The fraction of sp³-hybridized carbons (Fsp3) is 0.857. The number of carboxylic acid groups (broad SMARTS) is 1. The Kier molecular flexibility index (Phi) is 6.12. The third kappa shape index (κ3) is 5.49. The van der Waals surface area contributed by atoms with E-state index in [1.165, 1.54) is 4.90 Å². The zero-order valence-corrected chi connectivity index (χ0v) is 12.3. The van der Waals surface area contributed by atoms with Crippen molar-refractivity contribution in [2.75, 3.05) is 19.6 Å². The molecule has 0 aromatic rings. The Labute approximate surface area is 115 Å². The number of urea groups is 1. The quantitative estimate of drug-likeness (QED) is 0.736. The van der Waals surface area contributed by atoms with E-state index < -0.39 is 5.97 Å². The molecule has 1 N–H and O–H groups in total. The van der Waals surface area contributed by atoms with Gasteiger partial charge in [-0.05, 0) is 31.6 Å². The molecule has 0 heterocycles. The standard InChI is InChI=1S/C14H26N2O3/c1-4-8-15(10-13(17)18)14(19)16(12-5-6-12)9-7-11(2)3/h11-12H,4-10H2,1-3H3,(H,17,18). The Balaban J connectivity index is 2.63. The zero-order valence-electron chi connectivity index (χ0n) is 12.3. The van der Waals surface area contributed by atoms with Crippen molar-refractivity contribution >= 4 is 12.0 Å². The van der Waals surface area contributed by atoms with Gasteiger partial charge in [-0.2, -0.15) is 0 Å². The number of carbonyl (C=O) groups is 2. The van der Waals surface area contributed by atoms with Gasteiger partial charge in [0.25, 0.3) is 0 Å². The van der Waals surface area contributed by atoms with Crippen LogP contribution in [-0.4, -0.2) is 52.6 Å². The lowest BCUT2D eigenvalue weighted by atomic mass is 10.1. The van der Waals surface area contributed by atoms with Gasteiger partial charge < -0.3 is 14.9 Å². The van der Waals surface area contributed by atoms with Crippen molar-refractivity contribution in [2.45, 2.75) is 52.5 Å². The van der Waals surface area contributed by atoms with Crippen molar-refractivity contribution in [3.05, 3.63) is 0 Å². The van der Waals surface area contributed by atoms with Crippen LogP contribution in [0, 0.1) is 5.92 Å². The SMILES string of the molecule is CCCN(CC(=O)O)C(=O)N(CCC(C)C)C1CC1. The maximum Gasteiger partial charge on any atom is 0.323 e. The van der Waals surface area contributed by atoms with Crippen LogP contribution in [0.15, 0.2) is 0 Å². The molecule has 0 spiro atoms. The molecule has 110 valence electrons. The lowest BCUT2D eigenvalue weighted by Gasteiger charge is -2.30. The molecule has 0 unspecified atom stereocenters. The molecule has 5 nitrogen and oxygen atoms in total. The first-order valence-corrected chi connectivity index (χ1v) is 7.23. The molecule has 1 aliphatic rings. The Morgan fingerprint density at radius 2 is 1.89 bits per heavy atom. The molecule has 0 radical (unpaired) electrons. The summed E-state index contributed by atoms with van der Waals surface area (Å²) in [7, 11) is 0. The van der Waals surface area contributed by atoms with E-state index in [0.717, 1.165) is 32.2 Å². The van der Waals surface area contributed by atoms with Crippen molar-refractivity contribution < 1.29 is 14.7 Å². The third-order valence-electron chi connectivity index (χ3n) is 3.27. The van der Waals surface area contributed by atoms with E-state index in [1.807, 2.05) is 11.8 Å². The van der Waals surface area contributed by atoms with Gasteiger partial charge in [-0.3, -0.25) is 4.79 Å². The van der Waals surface area contributed by atoms with Gasteiger partial charge in [0.15, 0.2) is 0 Å². The molecule has 1 saturated carbocycles. The number of nitrogens with zero attached hydrogens (tertiary/aromatic N) is 2. The van der Waals surface area contributed by atoms with Gasteiger partial charge in [-0.25, -0.2) is 4.79 Å². The third-order valence-corrected chi connectivity index (χ3v) is 3.27. The summed E-state index contributed by atoms with van der Waals surface area (Å²) in [4.78, 5) is 26.6. The van der Waals surface area contributed by atoms with Gasteiger partial charge in [0.1, 0.15) is 6.54 Å². The van der Waals surface area contributed by atoms with Crippen molar-refractivity contribution in [1.29, 1.82) is 0 Å². The number of carbonyl (C=O) groups excluding carboxylic acids is 1. The highest BCUT2D eigenvalue weighted by molar-refractivity contribution is 5.80. The molecule has 0 aromatic carbocycles. The highest BCUT2D eigenvalue weighted by Gasteiger charge is 2.34. The summed E-state index contributed by atoms with van der Waals surface area (Å²) in [5, 5.41) is 8.90. The molecule has 0 aromatic heterocycles. The fourth-order valence-corrected chi connectivity index (χ4v) is 2.08. The average molecular weight is 270 g/mol. The van der Waals surface area contributed by atoms with Crippen LogP contribution in [0.25, 0.3) is 0 Å². The smallest absolute Gasteiger partial charge is 0.323 e. The number of rotatable bonds is 8. The predicted octanol–water partition coefficient (Wildman–Crippen LogP) is 2.41. The Hall–Kier alpha value is -1.26. The number of hydrogen-bond donors (Lipinski definition) is 1. The minimum atomic E-state index is -0.943. The minimum absolute atomic E-state index is 0.104. The molecule has 1 fully saturated rings. The van der Waals surface area contributed by atoms with Gasteiger partial charge in [0.2, 0.25) is 0 Å². The molecular weight excluding hydrogens is 244 g/mol. The second kappa shape index (κ2) is 7.36. The lowest BCUT2D eigenvalue weighted by molar-refractivity contribution is -0.137. The van der Waals surface area contributed by atoms with Crippen LogP contribution >= 0.6 is 0 Å². The lowest BCUT2D eigenvalue weighted by Crippen LogP contribution is -2.47. The second-order valence-electron chi connectivity index (χ2n) is 5.70. The molecule has 1 rings (SSSR count). The number of amides is 2. The Morgan fingerprint density at radius 3 is 2.32 bits per heavy atom. The van der Waals surface area contributed by atoms with Crippen LogP contribution in [0.4, 0.5) is 4.79 Å². The summed E-state index contributed by atoms with van der Waals surface area (Å²) in [6.45, 7) is 7.28. The van der Waals surface area contributed by atoms with Crippen LogP contribution in [0.3, 0.4) is 0 Å². The van der Waals surface area contributed by atoms with Gasteiger partial charge >= 0.3 is 12.0 Å². The van der Waals surface area contributed by atoms with Crippen molar-refractivity contribution in [1.82, 2.24) is 9.80 Å². The normalized spacial score (nSPS) is 14.5. The van der Waals surface area contributed by atoms with Gasteiger partial charge in [-0.1, -0.05) is 20.8 Å². The van der Waals surface area contributed by atoms with Crippen molar-refractivity contribution in [3.63, 3.8) is 0 Å². The van der Waals surface area contributed by atoms with Crippen LogP contribution in [0.1, 0.15) is 46.5 Å². The van der Waals surface area contributed by atoms with Gasteiger partial charge in [-0.15, -0.1) is 0 Å². The maximum atomic E-state index is 12.5. The summed E-state index contributed by atoms with van der Waals surface area (Å²) in [5.41, 5.74) is 0. The number of carboxylic acids is 1. The van der Waals surface area contributed by atoms with E-state index in [9.17, 15) is 9.59 Å². The van der Waals surface area contributed by atoms with Crippen molar-refractivity contribution in [3.8, 4) is 0 Å². The Bertz CT molecular complexity index is 314. The highest BCUT2D eigenvalue weighted by atomic mass is 16.4. The van der Waals surface area contributed by atoms with E-state index in [1.54, 1.807) is 0 Å². The Morgan fingerprint density at radius 1 is 1.26 bits per heavy atom. The van der Waals surface area contributed by atoms with Crippen LogP contribution < -0.4 is 0 Å². The zero-order chi connectivity index (χ0) is 14.4. The summed E-state index contributed by atoms with van der Waals surface area (Å²) in [5.74, 6) is -0.394.